The molecule has 0 atom stereocenters. The molecule has 4 heteroatoms. The van der Waals surface area contributed by atoms with Crippen LogP contribution in [0.15, 0.2) is 17.5 Å². The number of halogens is 2. The molecule has 2 rings (SSSR count). The van der Waals surface area contributed by atoms with Crippen LogP contribution >= 0.6 is 22.9 Å². The van der Waals surface area contributed by atoms with E-state index in [0.717, 1.165) is 5.56 Å². The van der Waals surface area contributed by atoms with E-state index in [1.807, 2.05) is 12.3 Å². The van der Waals surface area contributed by atoms with Gasteiger partial charge in [-0.2, -0.15) is 0 Å². The van der Waals surface area contributed by atoms with Crippen LogP contribution in [0.5, 0.6) is 0 Å². The molecule has 0 fully saturated rings. The van der Waals surface area contributed by atoms with Crippen LogP contribution < -0.4 is 0 Å². The molecule has 0 bridgehead atoms. The molecule has 18 heavy (non-hydrogen) atoms. The van der Waals surface area contributed by atoms with Crippen molar-refractivity contribution in [3.8, 4) is 0 Å². The minimum absolute atomic E-state index is 0.149. The molecule has 0 radical (unpaired) electrons. The van der Waals surface area contributed by atoms with Crippen LogP contribution in [-0.4, -0.2) is 5.78 Å². The molecule has 0 unspecified atom stereocenters. The lowest BCUT2D eigenvalue weighted by Crippen LogP contribution is -2.02. The Balaban J connectivity index is 2.50. The molecule has 0 N–H and O–H groups in total. The lowest BCUT2D eigenvalue weighted by Gasteiger charge is -2.05. The average Bonchev–Trinajstić information content (AvgIpc) is 2.65. The van der Waals surface area contributed by atoms with Gasteiger partial charge < -0.3 is 0 Å². The minimum atomic E-state index is -0.264. The van der Waals surface area contributed by atoms with Crippen molar-refractivity contribution in [2.75, 3.05) is 0 Å². The van der Waals surface area contributed by atoms with Gasteiger partial charge in [0.05, 0.1) is 9.90 Å². The number of ketones is 1. The molecule has 0 saturated carbocycles. The van der Waals surface area contributed by atoms with Crippen molar-refractivity contribution in [3.63, 3.8) is 0 Å². The Labute approximate surface area is 114 Å². The molecule has 1 aromatic heterocycles. The van der Waals surface area contributed by atoms with E-state index in [4.69, 9.17) is 11.6 Å². The maximum Gasteiger partial charge on any atom is 0.204 e. The molecule has 2 aromatic rings. The van der Waals surface area contributed by atoms with E-state index in [1.54, 1.807) is 26.0 Å². The van der Waals surface area contributed by atoms with Gasteiger partial charge in [-0.05, 0) is 55.0 Å². The van der Waals surface area contributed by atoms with E-state index in [9.17, 15) is 9.18 Å². The van der Waals surface area contributed by atoms with Crippen molar-refractivity contribution in [2.45, 2.75) is 20.8 Å². The summed E-state index contributed by atoms with van der Waals surface area (Å²) in [4.78, 5) is 12.8. The summed E-state index contributed by atoms with van der Waals surface area (Å²) < 4.78 is 13.5. The number of hydrogen-bond donors (Lipinski definition) is 0. The standard InChI is InChI=1S/C14H12ClFOS/c1-7-4-10(5-8(2)12(7)16)13(17)14-11(15)9(3)6-18-14/h4-6H,1-3H3. The predicted molar refractivity (Wildman–Crippen MR) is 73.4 cm³/mol. The molecule has 0 amide bonds. The summed E-state index contributed by atoms with van der Waals surface area (Å²) in [6.07, 6.45) is 0. The first-order valence-corrected chi connectivity index (χ1v) is 6.72. The summed E-state index contributed by atoms with van der Waals surface area (Å²) in [5, 5.41) is 2.34. The third kappa shape index (κ3) is 2.20. The Kier molecular flexibility index (Phi) is 3.55. The zero-order chi connectivity index (χ0) is 13.4. The van der Waals surface area contributed by atoms with Crippen molar-refractivity contribution in [2.24, 2.45) is 0 Å². The highest BCUT2D eigenvalue weighted by atomic mass is 35.5. The quantitative estimate of drug-likeness (QED) is 0.730. The Morgan fingerprint density at radius 1 is 1.17 bits per heavy atom. The van der Waals surface area contributed by atoms with Crippen LogP contribution in [-0.2, 0) is 0 Å². The molecule has 1 heterocycles. The van der Waals surface area contributed by atoms with E-state index in [2.05, 4.69) is 0 Å². The summed E-state index contributed by atoms with van der Waals surface area (Å²) in [5.41, 5.74) is 2.32. The highest BCUT2D eigenvalue weighted by molar-refractivity contribution is 7.13. The number of rotatable bonds is 2. The van der Waals surface area contributed by atoms with Gasteiger partial charge >= 0.3 is 0 Å². The van der Waals surface area contributed by atoms with Crippen LogP contribution in [0.3, 0.4) is 0 Å². The third-order valence-electron chi connectivity index (χ3n) is 2.80. The lowest BCUT2D eigenvalue weighted by atomic mass is 10.0. The average molecular weight is 283 g/mol. The van der Waals surface area contributed by atoms with Gasteiger partial charge in [-0.3, -0.25) is 4.79 Å². The zero-order valence-corrected chi connectivity index (χ0v) is 11.9. The zero-order valence-electron chi connectivity index (χ0n) is 10.3. The molecule has 1 aromatic carbocycles. The summed E-state index contributed by atoms with van der Waals surface area (Å²) in [6.45, 7) is 5.16. The molecular formula is C14H12ClFOS. The first-order chi connectivity index (χ1) is 8.41. The second kappa shape index (κ2) is 4.82. The smallest absolute Gasteiger partial charge is 0.204 e. The first kappa shape index (κ1) is 13.2. The molecule has 0 aliphatic heterocycles. The van der Waals surface area contributed by atoms with E-state index < -0.39 is 0 Å². The molecule has 0 aliphatic rings. The van der Waals surface area contributed by atoms with Crippen molar-refractivity contribution in [3.05, 3.63) is 55.5 Å². The largest absolute Gasteiger partial charge is 0.288 e. The van der Waals surface area contributed by atoms with Gasteiger partial charge in [-0.1, -0.05) is 11.6 Å². The van der Waals surface area contributed by atoms with Crippen LogP contribution in [0.4, 0.5) is 4.39 Å². The third-order valence-corrected chi connectivity index (χ3v) is 4.50. The minimum Gasteiger partial charge on any atom is -0.288 e. The molecule has 0 spiro atoms. The first-order valence-electron chi connectivity index (χ1n) is 5.47. The SMILES string of the molecule is Cc1cc(C(=O)c2scc(C)c2Cl)cc(C)c1F. The second-order valence-corrected chi connectivity index (χ2v) is 5.57. The van der Waals surface area contributed by atoms with Crippen LogP contribution in [0.1, 0.15) is 31.9 Å². The van der Waals surface area contributed by atoms with Crippen molar-refractivity contribution >= 4 is 28.7 Å². The fraction of sp³-hybridized carbons (Fsp3) is 0.214. The topological polar surface area (TPSA) is 17.1 Å². The van der Waals surface area contributed by atoms with Gasteiger partial charge in [0.2, 0.25) is 5.78 Å². The van der Waals surface area contributed by atoms with Crippen molar-refractivity contribution in [1.29, 1.82) is 0 Å². The Bertz CT molecular complexity index is 608. The predicted octanol–water partition coefficient (Wildman–Crippen LogP) is 4.70. The summed E-state index contributed by atoms with van der Waals surface area (Å²) in [6, 6.07) is 3.13. The van der Waals surface area contributed by atoms with E-state index >= 15 is 0 Å². The molecule has 0 aliphatic carbocycles. The van der Waals surface area contributed by atoms with E-state index in [-0.39, 0.29) is 11.6 Å². The monoisotopic (exact) mass is 282 g/mol. The van der Waals surface area contributed by atoms with Crippen LogP contribution in [0, 0.1) is 26.6 Å². The molecular weight excluding hydrogens is 271 g/mol. The summed E-state index contributed by atoms with van der Waals surface area (Å²) in [5.74, 6) is -0.413. The van der Waals surface area contributed by atoms with Gasteiger partial charge in [0, 0.05) is 5.56 Å². The van der Waals surface area contributed by atoms with Gasteiger partial charge in [0.15, 0.2) is 0 Å². The van der Waals surface area contributed by atoms with Crippen molar-refractivity contribution in [1.82, 2.24) is 0 Å². The summed E-state index contributed by atoms with van der Waals surface area (Å²) >= 11 is 7.40. The number of aryl methyl sites for hydroxylation is 3. The fourth-order valence-electron chi connectivity index (χ4n) is 1.79. The normalized spacial score (nSPS) is 10.7. The van der Waals surface area contributed by atoms with Gasteiger partial charge in [-0.25, -0.2) is 4.39 Å². The van der Waals surface area contributed by atoms with Crippen LogP contribution in [0.25, 0.3) is 0 Å². The number of benzene rings is 1. The second-order valence-electron chi connectivity index (χ2n) is 4.31. The Hall–Kier alpha value is -1.19. The molecule has 0 saturated heterocycles. The Morgan fingerprint density at radius 2 is 1.72 bits per heavy atom. The maximum absolute atomic E-state index is 13.5. The highest BCUT2D eigenvalue weighted by Crippen LogP contribution is 2.30. The molecule has 94 valence electrons. The van der Waals surface area contributed by atoms with Crippen molar-refractivity contribution < 1.29 is 9.18 Å². The van der Waals surface area contributed by atoms with E-state index in [1.165, 1.54) is 11.3 Å². The number of carbonyl (C=O) groups excluding carboxylic acids is 1. The van der Waals surface area contributed by atoms with Gasteiger partial charge in [0.1, 0.15) is 5.82 Å². The highest BCUT2D eigenvalue weighted by Gasteiger charge is 2.18. The lowest BCUT2D eigenvalue weighted by molar-refractivity contribution is 0.104. The van der Waals surface area contributed by atoms with E-state index in [0.29, 0.717) is 26.6 Å². The van der Waals surface area contributed by atoms with Crippen LogP contribution in [0.2, 0.25) is 5.02 Å². The number of thiophene rings is 1. The van der Waals surface area contributed by atoms with Gasteiger partial charge in [-0.15, -0.1) is 11.3 Å². The fourth-order valence-corrected chi connectivity index (χ4v) is 3.03. The summed E-state index contributed by atoms with van der Waals surface area (Å²) in [7, 11) is 0. The molecule has 1 nitrogen and oxygen atoms in total. The Morgan fingerprint density at radius 3 is 2.17 bits per heavy atom. The number of carbonyl (C=O) groups is 1. The number of hydrogen-bond acceptors (Lipinski definition) is 2. The van der Waals surface area contributed by atoms with Gasteiger partial charge in [0.25, 0.3) is 0 Å². The maximum atomic E-state index is 13.5.